The molecule has 0 radical (unpaired) electrons. The van der Waals surface area contributed by atoms with Gasteiger partial charge in [0.05, 0.1) is 14.2 Å². The van der Waals surface area contributed by atoms with Crippen LogP contribution in [0.3, 0.4) is 0 Å². The van der Waals surface area contributed by atoms with Crippen molar-refractivity contribution < 1.29 is 9.47 Å². The predicted octanol–water partition coefficient (Wildman–Crippen LogP) is 2.73. The number of aryl methyl sites for hydroxylation is 1. The van der Waals surface area contributed by atoms with Gasteiger partial charge in [0.1, 0.15) is 11.5 Å². The first-order chi connectivity index (χ1) is 8.22. The molecule has 0 spiro atoms. The monoisotopic (exact) mass is 257 g/mol. The van der Waals surface area contributed by atoms with Crippen LogP contribution >= 0.6 is 11.6 Å². The molecule has 1 rings (SSSR count). The number of ether oxygens (including phenoxy) is 2. The number of hydrogen-bond donors (Lipinski definition) is 1. The van der Waals surface area contributed by atoms with Gasteiger partial charge in [0.15, 0.2) is 0 Å². The second-order valence-corrected chi connectivity index (χ2v) is 4.23. The minimum absolute atomic E-state index is 0.682. The molecule has 0 atom stereocenters. The molecule has 1 aromatic rings. The van der Waals surface area contributed by atoms with E-state index in [1.165, 1.54) is 0 Å². The smallest absolute Gasteiger partial charge is 0.123 e. The molecule has 1 N–H and O–H groups in total. The summed E-state index contributed by atoms with van der Waals surface area (Å²) in [6, 6.07) is 4.01. The third-order valence-corrected chi connectivity index (χ3v) is 2.87. The zero-order valence-corrected chi connectivity index (χ0v) is 11.4. The predicted molar refractivity (Wildman–Crippen MR) is 71.3 cm³/mol. The normalized spacial score (nSPS) is 10.4. The second kappa shape index (κ2) is 7.41. The van der Waals surface area contributed by atoms with E-state index in [0.717, 1.165) is 42.1 Å². The van der Waals surface area contributed by atoms with Gasteiger partial charge < -0.3 is 14.8 Å². The van der Waals surface area contributed by atoms with Crippen LogP contribution < -0.4 is 14.8 Å². The van der Waals surface area contributed by atoms with Gasteiger partial charge in [-0.1, -0.05) is 0 Å². The highest BCUT2D eigenvalue weighted by Crippen LogP contribution is 2.28. The molecule has 1 aromatic carbocycles. The molecule has 3 nitrogen and oxygen atoms in total. The molecule has 96 valence electrons. The third kappa shape index (κ3) is 4.10. The Morgan fingerprint density at radius 2 is 1.88 bits per heavy atom. The maximum absolute atomic E-state index is 5.63. The van der Waals surface area contributed by atoms with E-state index in [9.17, 15) is 0 Å². The van der Waals surface area contributed by atoms with E-state index < -0.39 is 0 Å². The average molecular weight is 258 g/mol. The topological polar surface area (TPSA) is 30.5 Å². The molecule has 0 aliphatic carbocycles. The van der Waals surface area contributed by atoms with E-state index in [1.807, 2.05) is 19.1 Å². The maximum atomic E-state index is 5.63. The van der Waals surface area contributed by atoms with Crippen LogP contribution in [-0.2, 0) is 6.54 Å². The first-order valence-corrected chi connectivity index (χ1v) is 6.24. The summed E-state index contributed by atoms with van der Waals surface area (Å²) in [6.07, 6.45) is 0.965. The Bertz CT molecular complexity index is 356. The quantitative estimate of drug-likeness (QED) is 0.602. The number of nitrogens with one attached hydrogen (secondary N) is 1. The Kier molecular flexibility index (Phi) is 6.16. The van der Waals surface area contributed by atoms with Crippen molar-refractivity contribution in [2.45, 2.75) is 19.9 Å². The molecule has 17 heavy (non-hydrogen) atoms. The van der Waals surface area contributed by atoms with Crippen LogP contribution in [0.2, 0.25) is 0 Å². The molecule has 0 unspecified atom stereocenters. The standard InChI is InChI=1S/C13H20ClNO2/c1-10-7-13(17-3)11(8-12(10)16-2)9-15-6-4-5-14/h7-8,15H,4-6,9H2,1-3H3. The van der Waals surface area contributed by atoms with Crippen LogP contribution in [0.5, 0.6) is 11.5 Å². The summed E-state index contributed by atoms with van der Waals surface area (Å²) >= 11 is 5.63. The van der Waals surface area contributed by atoms with Gasteiger partial charge in [-0.3, -0.25) is 0 Å². The van der Waals surface area contributed by atoms with Crippen LogP contribution in [-0.4, -0.2) is 26.6 Å². The number of alkyl halides is 1. The van der Waals surface area contributed by atoms with Gasteiger partial charge in [0.2, 0.25) is 0 Å². The summed E-state index contributed by atoms with van der Waals surface area (Å²) in [5, 5.41) is 3.33. The van der Waals surface area contributed by atoms with Gasteiger partial charge in [0, 0.05) is 18.0 Å². The fraction of sp³-hybridized carbons (Fsp3) is 0.538. The fourth-order valence-corrected chi connectivity index (χ4v) is 1.80. The fourth-order valence-electron chi connectivity index (χ4n) is 1.67. The van der Waals surface area contributed by atoms with Crippen molar-refractivity contribution in [2.75, 3.05) is 26.6 Å². The molecule has 0 saturated heterocycles. The largest absolute Gasteiger partial charge is 0.496 e. The van der Waals surface area contributed by atoms with E-state index in [4.69, 9.17) is 21.1 Å². The third-order valence-electron chi connectivity index (χ3n) is 2.60. The Morgan fingerprint density at radius 3 is 2.47 bits per heavy atom. The van der Waals surface area contributed by atoms with Crippen LogP contribution in [0.25, 0.3) is 0 Å². The highest BCUT2D eigenvalue weighted by Gasteiger charge is 2.07. The van der Waals surface area contributed by atoms with Crippen LogP contribution in [0.4, 0.5) is 0 Å². The Balaban J connectivity index is 2.74. The average Bonchev–Trinajstić information content (AvgIpc) is 2.35. The molecule has 0 aliphatic rings. The number of hydrogen-bond acceptors (Lipinski definition) is 3. The van der Waals surface area contributed by atoms with E-state index >= 15 is 0 Å². The summed E-state index contributed by atoms with van der Waals surface area (Å²) in [5.74, 6) is 2.46. The lowest BCUT2D eigenvalue weighted by atomic mass is 10.1. The van der Waals surface area contributed by atoms with Crippen molar-refractivity contribution in [1.82, 2.24) is 5.32 Å². The summed E-state index contributed by atoms with van der Waals surface area (Å²) in [6.45, 7) is 3.67. The second-order valence-electron chi connectivity index (χ2n) is 3.85. The van der Waals surface area contributed by atoms with Crippen LogP contribution in [0.1, 0.15) is 17.5 Å². The molecular formula is C13H20ClNO2. The summed E-state index contributed by atoms with van der Waals surface area (Å²) in [4.78, 5) is 0. The highest BCUT2D eigenvalue weighted by atomic mass is 35.5. The van der Waals surface area contributed by atoms with Crippen molar-refractivity contribution in [2.24, 2.45) is 0 Å². The van der Waals surface area contributed by atoms with Gasteiger partial charge in [-0.25, -0.2) is 0 Å². The first-order valence-electron chi connectivity index (χ1n) is 5.71. The lowest BCUT2D eigenvalue weighted by Gasteiger charge is -2.13. The van der Waals surface area contributed by atoms with Crippen molar-refractivity contribution in [1.29, 1.82) is 0 Å². The molecular weight excluding hydrogens is 238 g/mol. The van der Waals surface area contributed by atoms with Gasteiger partial charge >= 0.3 is 0 Å². The number of rotatable bonds is 7. The number of methoxy groups -OCH3 is 2. The lowest BCUT2D eigenvalue weighted by molar-refractivity contribution is 0.395. The number of benzene rings is 1. The van der Waals surface area contributed by atoms with Crippen LogP contribution in [0.15, 0.2) is 12.1 Å². The first kappa shape index (κ1) is 14.1. The highest BCUT2D eigenvalue weighted by molar-refractivity contribution is 6.17. The van der Waals surface area contributed by atoms with Gasteiger partial charge in [-0.2, -0.15) is 0 Å². The molecule has 0 bridgehead atoms. The van der Waals surface area contributed by atoms with E-state index in [-0.39, 0.29) is 0 Å². The Labute approximate surface area is 108 Å². The molecule has 0 heterocycles. The van der Waals surface area contributed by atoms with Gasteiger partial charge in [-0.15, -0.1) is 11.6 Å². The van der Waals surface area contributed by atoms with Crippen molar-refractivity contribution in [3.63, 3.8) is 0 Å². The lowest BCUT2D eigenvalue weighted by Crippen LogP contribution is -2.15. The van der Waals surface area contributed by atoms with E-state index in [2.05, 4.69) is 5.32 Å². The summed E-state index contributed by atoms with van der Waals surface area (Å²) < 4.78 is 10.7. The zero-order chi connectivity index (χ0) is 12.7. The van der Waals surface area contributed by atoms with Gasteiger partial charge in [-0.05, 0) is 37.6 Å². The molecule has 0 aromatic heterocycles. The molecule has 0 fully saturated rings. The SMILES string of the molecule is COc1cc(CNCCCCl)c(OC)cc1C. The molecule has 0 saturated carbocycles. The van der Waals surface area contributed by atoms with E-state index in [0.29, 0.717) is 5.88 Å². The maximum Gasteiger partial charge on any atom is 0.123 e. The Hall–Kier alpha value is -0.930. The zero-order valence-electron chi connectivity index (χ0n) is 10.7. The van der Waals surface area contributed by atoms with E-state index in [1.54, 1.807) is 14.2 Å². The van der Waals surface area contributed by atoms with Crippen LogP contribution in [0, 0.1) is 6.92 Å². The molecule has 4 heteroatoms. The van der Waals surface area contributed by atoms with Gasteiger partial charge in [0.25, 0.3) is 0 Å². The minimum atomic E-state index is 0.682. The minimum Gasteiger partial charge on any atom is -0.496 e. The Morgan fingerprint density at radius 1 is 1.18 bits per heavy atom. The summed E-state index contributed by atoms with van der Waals surface area (Å²) in [5.41, 5.74) is 2.18. The van der Waals surface area contributed by atoms with Crippen molar-refractivity contribution in [3.05, 3.63) is 23.3 Å². The van der Waals surface area contributed by atoms with Crippen molar-refractivity contribution >= 4 is 11.6 Å². The number of halogens is 1. The summed E-state index contributed by atoms with van der Waals surface area (Å²) in [7, 11) is 3.36. The van der Waals surface area contributed by atoms with Crippen molar-refractivity contribution in [3.8, 4) is 11.5 Å². The molecule has 0 aliphatic heterocycles. The molecule has 0 amide bonds.